The fraction of sp³-hybridized carbons (Fsp3) is 0.292. The van der Waals surface area contributed by atoms with Crippen molar-refractivity contribution < 1.29 is 36.0 Å². The molecular formula is C24H20F5N7O3. The number of piperazine rings is 1. The van der Waals surface area contributed by atoms with E-state index in [1.165, 1.54) is 9.80 Å². The van der Waals surface area contributed by atoms with Gasteiger partial charge in [0, 0.05) is 49.8 Å². The molecule has 1 aliphatic rings. The molecule has 1 aromatic carbocycles. The Labute approximate surface area is 217 Å². The second-order valence-electron chi connectivity index (χ2n) is 8.64. The Morgan fingerprint density at radius 3 is 2.33 bits per heavy atom. The Morgan fingerprint density at radius 2 is 1.69 bits per heavy atom. The molecule has 15 heteroatoms. The Kier molecular flexibility index (Phi) is 6.89. The maximum absolute atomic E-state index is 13.5. The van der Waals surface area contributed by atoms with Gasteiger partial charge in [0.2, 0.25) is 5.89 Å². The molecular weight excluding hydrogens is 529 g/mol. The third kappa shape index (κ3) is 5.51. The summed E-state index contributed by atoms with van der Waals surface area (Å²) in [4.78, 5) is 33.1. The van der Waals surface area contributed by atoms with Crippen LogP contribution in [0, 0.1) is 0 Å². The normalized spacial score (nSPS) is 14.3. The number of imidazole rings is 1. The number of hydrogen-bond donors (Lipinski definition) is 0. The van der Waals surface area contributed by atoms with Crippen molar-refractivity contribution in [2.45, 2.75) is 19.1 Å². The van der Waals surface area contributed by atoms with E-state index in [0.717, 1.165) is 0 Å². The Balaban J connectivity index is 1.36. The van der Waals surface area contributed by atoms with Crippen LogP contribution in [0.2, 0.25) is 0 Å². The lowest BCUT2D eigenvalue weighted by atomic mass is 10.2. The third-order valence-corrected chi connectivity index (χ3v) is 6.08. The molecule has 0 aliphatic carbocycles. The van der Waals surface area contributed by atoms with Crippen LogP contribution in [-0.2, 0) is 11.3 Å². The maximum Gasteiger partial charge on any atom is 0.471 e. The number of hydrogen-bond acceptors (Lipinski definition) is 6. The van der Waals surface area contributed by atoms with Crippen LogP contribution in [0.15, 0.2) is 59.3 Å². The summed E-state index contributed by atoms with van der Waals surface area (Å²) in [7, 11) is 0. The largest absolute Gasteiger partial charge is 0.471 e. The number of fused-ring (bicyclic) bond motifs is 1. The highest BCUT2D eigenvalue weighted by atomic mass is 19.4. The summed E-state index contributed by atoms with van der Waals surface area (Å²) in [5.74, 6) is -2.82. The number of anilines is 1. The van der Waals surface area contributed by atoms with Crippen molar-refractivity contribution in [2.24, 2.45) is 0 Å². The molecule has 204 valence electrons. The zero-order chi connectivity index (χ0) is 27.7. The summed E-state index contributed by atoms with van der Waals surface area (Å²) in [5.41, 5.74) is 1.83. The second-order valence-corrected chi connectivity index (χ2v) is 8.64. The summed E-state index contributed by atoms with van der Waals surface area (Å²) in [6, 6.07) is 11.4. The van der Waals surface area contributed by atoms with Gasteiger partial charge in [0.15, 0.2) is 0 Å². The highest BCUT2D eigenvalue weighted by molar-refractivity contribution is 5.92. The van der Waals surface area contributed by atoms with Crippen molar-refractivity contribution in [3.05, 3.63) is 66.4 Å². The van der Waals surface area contributed by atoms with Crippen LogP contribution >= 0.6 is 0 Å². The molecule has 0 bridgehead atoms. The minimum Gasteiger partial charge on any atom is -0.415 e. The maximum atomic E-state index is 13.5. The molecule has 1 aliphatic heterocycles. The summed E-state index contributed by atoms with van der Waals surface area (Å²) >= 11 is 0. The number of halogens is 5. The van der Waals surface area contributed by atoms with Gasteiger partial charge in [-0.2, -0.15) is 22.0 Å². The molecule has 4 aromatic rings. The molecule has 1 fully saturated rings. The Bertz CT molecular complexity index is 1480. The molecule has 0 radical (unpaired) electrons. The smallest absolute Gasteiger partial charge is 0.415 e. The number of nitrogens with zero attached hydrogens (tertiary/aromatic N) is 7. The zero-order valence-corrected chi connectivity index (χ0v) is 20.1. The number of rotatable bonds is 5. The number of carbonyl (C=O) groups excluding carboxylic acids is 2. The summed E-state index contributed by atoms with van der Waals surface area (Å²) < 4.78 is 70.6. The first-order chi connectivity index (χ1) is 18.6. The highest BCUT2D eigenvalue weighted by Crippen LogP contribution is 2.26. The van der Waals surface area contributed by atoms with Crippen molar-refractivity contribution in [3.63, 3.8) is 0 Å². The van der Waals surface area contributed by atoms with Gasteiger partial charge in [0.1, 0.15) is 5.65 Å². The first kappa shape index (κ1) is 26.1. The third-order valence-electron chi connectivity index (χ3n) is 6.08. The Hall–Kier alpha value is -4.56. The summed E-state index contributed by atoms with van der Waals surface area (Å²) in [6.07, 6.45) is -4.57. The van der Waals surface area contributed by atoms with Crippen LogP contribution in [0.25, 0.3) is 17.1 Å². The van der Waals surface area contributed by atoms with Gasteiger partial charge in [-0.3, -0.25) is 9.69 Å². The van der Waals surface area contributed by atoms with E-state index < -0.39 is 30.4 Å². The number of carbonyl (C=O) groups is 2. The number of pyridine rings is 1. The predicted octanol–water partition coefficient (Wildman–Crippen LogP) is 4.16. The summed E-state index contributed by atoms with van der Waals surface area (Å²) in [6.45, 7) is -0.593. The van der Waals surface area contributed by atoms with E-state index in [1.54, 1.807) is 59.3 Å². The molecule has 0 spiro atoms. The molecule has 3 amide bonds. The van der Waals surface area contributed by atoms with Crippen molar-refractivity contribution in [1.82, 2.24) is 29.4 Å². The van der Waals surface area contributed by atoms with E-state index in [2.05, 4.69) is 15.2 Å². The van der Waals surface area contributed by atoms with Crippen molar-refractivity contribution in [3.8, 4) is 11.5 Å². The molecule has 3 aromatic heterocycles. The van der Waals surface area contributed by atoms with Gasteiger partial charge in [-0.05, 0) is 24.3 Å². The van der Waals surface area contributed by atoms with Crippen molar-refractivity contribution in [2.75, 3.05) is 31.1 Å². The fourth-order valence-corrected chi connectivity index (χ4v) is 4.17. The van der Waals surface area contributed by atoms with Gasteiger partial charge in [-0.25, -0.2) is 9.78 Å². The lowest BCUT2D eigenvalue weighted by molar-refractivity contribution is -0.186. The van der Waals surface area contributed by atoms with Gasteiger partial charge in [0.05, 0.1) is 12.2 Å². The van der Waals surface area contributed by atoms with E-state index >= 15 is 0 Å². The van der Waals surface area contributed by atoms with E-state index in [-0.39, 0.29) is 38.6 Å². The number of benzene rings is 1. The van der Waals surface area contributed by atoms with Gasteiger partial charge in [-0.15, -0.1) is 10.2 Å². The van der Waals surface area contributed by atoms with Gasteiger partial charge in [0.25, 0.3) is 5.89 Å². The van der Waals surface area contributed by atoms with Gasteiger partial charge in [-0.1, -0.05) is 18.2 Å². The number of para-hydroxylation sites is 1. The average molecular weight is 549 g/mol. The van der Waals surface area contributed by atoms with Crippen LogP contribution < -0.4 is 4.90 Å². The predicted molar refractivity (Wildman–Crippen MR) is 126 cm³/mol. The lowest BCUT2D eigenvalue weighted by Gasteiger charge is -2.37. The number of urea groups is 1. The standard InChI is InChI=1S/C24H20F5N7O3/c25-19(26)21-32-31-20(39-21)15-6-7-35-13-16(30-18(35)12-15)14-36(17-4-2-1-3-5-17)23(38)34-10-8-33(9-11-34)22(37)24(27,28)29/h1-7,12-13,19H,8-11,14H2. The lowest BCUT2D eigenvalue weighted by Crippen LogP contribution is -2.56. The molecule has 0 saturated carbocycles. The number of alkyl halides is 5. The first-order valence-corrected chi connectivity index (χ1v) is 11.7. The topological polar surface area (TPSA) is 100 Å². The second kappa shape index (κ2) is 10.3. The zero-order valence-electron chi connectivity index (χ0n) is 20.1. The molecule has 10 nitrogen and oxygen atoms in total. The number of aromatic nitrogens is 4. The van der Waals surface area contributed by atoms with Crippen LogP contribution in [0.5, 0.6) is 0 Å². The minimum atomic E-state index is -4.97. The van der Waals surface area contributed by atoms with Crippen LogP contribution in [0.1, 0.15) is 18.0 Å². The minimum absolute atomic E-state index is 0.0254. The molecule has 4 heterocycles. The monoisotopic (exact) mass is 549 g/mol. The number of amides is 3. The first-order valence-electron chi connectivity index (χ1n) is 11.7. The molecule has 1 saturated heterocycles. The van der Waals surface area contributed by atoms with E-state index in [1.807, 2.05) is 0 Å². The quantitative estimate of drug-likeness (QED) is 0.347. The van der Waals surface area contributed by atoms with Crippen molar-refractivity contribution >= 4 is 23.3 Å². The van der Waals surface area contributed by atoms with Gasteiger partial charge >= 0.3 is 24.5 Å². The molecule has 0 N–H and O–H groups in total. The molecule has 5 rings (SSSR count). The van der Waals surface area contributed by atoms with Crippen LogP contribution in [0.3, 0.4) is 0 Å². The van der Waals surface area contributed by atoms with E-state index in [9.17, 15) is 31.5 Å². The highest BCUT2D eigenvalue weighted by Gasteiger charge is 2.43. The molecule has 0 unspecified atom stereocenters. The SMILES string of the molecule is O=C(N1CCN(C(=O)C(F)(F)F)CC1)N(Cc1cn2ccc(-c3nnc(C(F)F)o3)cc2n1)c1ccccc1. The van der Waals surface area contributed by atoms with Crippen LogP contribution in [-0.4, -0.2) is 73.7 Å². The van der Waals surface area contributed by atoms with E-state index in [0.29, 0.717) is 27.5 Å². The van der Waals surface area contributed by atoms with Crippen molar-refractivity contribution in [1.29, 1.82) is 0 Å². The summed E-state index contributed by atoms with van der Waals surface area (Å²) in [5, 5.41) is 6.96. The molecule has 0 atom stereocenters. The van der Waals surface area contributed by atoms with E-state index in [4.69, 9.17) is 4.42 Å². The molecule has 39 heavy (non-hydrogen) atoms. The van der Waals surface area contributed by atoms with Crippen LogP contribution in [0.4, 0.5) is 32.4 Å². The fourth-order valence-electron chi connectivity index (χ4n) is 4.17. The Morgan fingerprint density at radius 1 is 1.00 bits per heavy atom. The average Bonchev–Trinajstić information content (AvgIpc) is 3.58. The van der Waals surface area contributed by atoms with Gasteiger partial charge < -0.3 is 18.6 Å².